The van der Waals surface area contributed by atoms with Crippen molar-refractivity contribution in [3.63, 3.8) is 0 Å². The molecule has 4 rings (SSSR count). The van der Waals surface area contributed by atoms with Crippen LogP contribution in [0.5, 0.6) is 0 Å². The highest BCUT2D eigenvalue weighted by Gasteiger charge is 2.14. The van der Waals surface area contributed by atoms with Crippen LogP contribution in [0, 0.1) is 0 Å². The third-order valence-electron chi connectivity index (χ3n) is 4.37. The molecule has 23 heavy (non-hydrogen) atoms. The maximum absolute atomic E-state index is 4.34. The Morgan fingerprint density at radius 1 is 1.04 bits per heavy atom. The van der Waals surface area contributed by atoms with Crippen molar-refractivity contribution in [1.29, 1.82) is 0 Å². The molecule has 114 valence electrons. The highest BCUT2D eigenvalue weighted by Crippen LogP contribution is 2.23. The number of H-pyrrole nitrogens is 1. The summed E-state index contributed by atoms with van der Waals surface area (Å²) < 4.78 is 2.15. The van der Waals surface area contributed by atoms with Crippen LogP contribution in [0.1, 0.15) is 29.9 Å². The molecule has 2 aromatic heterocycles. The first-order valence-corrected chi connectivity index (χ1v) is 7.81. The fraction of sp³-hybridized carbons (Fsp3) is 0.158. The Labute approximate surface area is 134 Å². The van der Waals surface area contributed by atoms with Gasteiger partial charge in [-0.3, -0.25) is 0 Å². The summed E-state index contributed by atoms with van der Waals surface area (Å²) in [6.07, 6.45) is 4.65. The summed E-state index contributed by atoms with van der Waals surface area (Å²) in [4.78, 5) is 3.32. The van der Waals surface area contributed by atoms with Crippen LogP contribution in [-0.4, -0.2) is 19.7 Å². The fourth-order valence-electron chi connectivity index (χ4n) is 3.06. The Balaban J connectivity index is 1.68. The number of aromatic amines is 1. The number of nitrogens with one attached hydrogen (secondary N) is 1. The van der Waals surface area contributed by atoms with Crippen molar-refractivity contribution < 1.29 is 0 Å². The third kappa shape index (κ3) is 2.52. The molecule has 0 radical (unpaired) electrons. The smallest absolute Gasteiger partial charge is 0.137 e. The molecule has 2 heterocycles. The van der Waals surface area contributed by atoms with Gasteiger partial charge in [0.1, 0.15) is 12.2 Å². The average molecular weight is 302 g/mol. The van der Waals surface area contributed by atoms with Gasteiger partial charge in [0, 0.05) is 23.5 Å². The summed E-state index contributed by atoms with van der Waals surface area (Å²) in [5, 5.41) is 9.72. The molecule has 0 saturated carbocycles. The lowest BCUT2D eigenvalue weighted by molar-refractivity contribution is 0.609. The summed E-state index contributed by atoms with van der Waals surface area (Å²) in [5.74, 6) is 0.978. The van der Waals surface area contributed by atoms with Crippen molar-refractivity contribution in [3.8, 4) is 0 Å². The first-order chi connectivity index (χ1) is 11.3. The minimum atomic E-state index is 0.214. The van der Waals surface area contributed by atoms with Gasteiger partial charge in [-0.05, 0) is 24.1 Å². The van der Waals surface area contributed by atoms with Gasteiger partial charge in [-0.1, -0.05) is 48.5 Å². The molecule has 4 nitrogen and oxygen atoms in total. The predicted octanol–water partition coefficient (Wildman–Crippen LogP) is 3.96. The van der Waals surface area contributed by atoms with Gasteiger partial charge in [0.25, 0.3) is 0 Å². The number of hydrogen-bond donors (Lipinski definition) is 1. The topological polar surface area (TPSA) is 46.5 Å². The lowest BCUT2D eigenvalue weighted by atomic mass is 10.1. The summed E-state index contributed by atoms with van der Waals surface area (Å²) in [7, 11) is 0. The van der Waals surface area contributed by atoms with Crippen LogP contribution in [0.2, 0.25) is 0 Å². The van der Waals surface area contributed by atoms with Crippen molar-refractivity contribution >= 4 is 10.9 Å². The van der Waals surface area contributed by atoms with Gasteiger partial charge in [0.15, 0.2) is 0 Å². The molecule has 2 aromatic carbocycles. The SMILES string of the molecule is CC(c1ccccc1)n1cnnc1Cc1c[nH]c2ccccc12. The zero-order valence-electron chi connectivity index (χ0n) is 13.0. The third-order valence-corrected chi connectivity index (χ3v) is 4.37. The molecule has 0 aliphatic rings. The number of hydrogen-bond acceptors (Lipinski definition) is 2. The minimum absolute atomic E-state index is 0.214. The van der Waals surface area contributed by atoms with Crippen LogP contribution < -0.4 is 0 Å². The molecule has 4 heteroatoms. The fourth-order valence-corrected chi connectivity index (χ4v) is 3.06. The van der Waals surface area contributed by atoms with E-state index in [2.05, 4.69) is 75.3 Å². The second-order valence-electron chi connectivity index (χ2n) is 5.78. The first kappa shape index (κ1) is 13.8. The number of benzene rings is 2. The van der Waals surface area contributed by atoms with Gasteiger partial charge < -0.3 is 9.55 Å². The Kier molecular flexibility index (Phi) is 3.42. The normalized spacial score (nSPS) is 12.6. The number of nitrogens with zero attached hydrogens (tertiary/aromatic N) is 3. The lowest BCUT2D eigenvalue weighted by Gasteiger charge is -2.15. The van der Waals surface area contributed by atoms with E-state index in [4.69, 9.17) is 0 Å². The average Bonchev–Trinajstić information content (AvgIpc) is 3.23. The van der Waals surface area contributed by atoms with Crippen LogP contribution in [0.25, 0.3) is 10.9 Å². The predicted molar refractivity (Wildman–Crippen MR) is 91.4 cm³/mol. The van der Waals surface area contributed by atoms with E-state index in [1.807, 2.05) is 18.5 Å². The first-order valence-electron chi connectivity index (χ1n) is 7.81. The zero-order valence-corrected chi connectivity index (χ0v) is 13.0. The Hall–Kier alpha value is -2.88. The molecule has 1 unspecified atom stereocenters. The van der Waals surface area contributed by atoms with Crippen LogP contribution >= 0.6 is 0 Å². The van der Waals surface area contributed by atoms with Crippen LogP contribution in [-0.2, 0) is 6.42 Å². The molecule has 0 amide bonds. The van der Waals surface area contributed by atoms with Crippen molar-refractivity contribution in [3.05, 3.63) is 84.1 Å². The van der Waals surface area contributed by atoms with Crippen molar-refractivity contribution in [2.45, 2.75) is 19.4 Å². The van der Waals surface area contributed by atoms with E-state index < -0.39 is 0 Å². The van der Waals surface area contributed by atoms with Crippen LogP contribution in [0.15, 0.2) is 67.1 Å². The van der Waals surface area contributed by atoms with E-state index in [0.29, 0.717) is 0 Å². The van der Waals surface area contributed by atoms with Gasteiger partial charge in [0.05, 0.1) is 6.04 Å². The van der Waals surface area contributed by atoms with E-state index in [1.54, 1.807) is 0 Å². The van der Waals surface area contributed by atoms with Gasteiger partial charge >= 0.3 is 0 Å². The Bertz CT molecular complexity index is 921. The Morgan fingerprint density at radius 2 is 1.83 bits per heavy atom. The highest BCUT2D eigenvalue weighted by molar-refractivity contribution is 5.83. The second kappa shape index (κ2) is 5.72. The largest absolute Gasteiger partial charge is 0.361 e. The van der Waals surface area contributed by atoms with E-state index in [-0.39, 0.29) is 6.04 Å². The monoisotopic (exact) mass is 302 g/mol. The van der Waals surface area contributed by atoms with Gasteiger partial charge in [-0.25, -0.2) is 0 Å². The van der Waals surface area contributed by atoms with Crippen molar-refractivity contribution in [1.82, 2.24) is 19.7 Å². The van der Waals surface area contributed by atoms with Crippen molar-refractivity contribution in [2.75, 3.05) is 0 Å². The van der Waals surface area contributed by atoms with E-state index in [0.717, 1.165) is 17.8 Å². The number of rotatable bonds is 4. The molecule has 0 fully saturated rings. The molecule has 0 spiro atoms. The molecule has 1 atom stereocenters. The van der Waals surface area contributed by atoms with Gasteiger partial charge in [-0.2, -0.15) is 0 Å². The van der Waals surface area contributed by atoms with E-state index in [1.165, 1.54) is 16.5 Å². The molecule has 4 aromatic rings. The van der Waals surface area contributed by atoms with Crippen LogP contribution in [0.3, 0.4) is 0 Å². The standard InChI is InChI=1S/C19H18N4/c1-14(15-7-3-2-4-8-15)23-13-21-22-19(23)11-16-12-20-18-10-6-5-9-17(16)18/h2-10,12-14,20H,11H2,1H3. The summed E-state index contributed by atoms with van der Waals surface area (Å²) in [6, 6.07) is 19.0. The number of para-hydroxylation sites is 1. The Morgan fingerprint density at radius 3 is 2.70 bits per heavy atom. The molecule has 0 aliphatic heterocycles. The molecule has 0 aliphatic carbocycles. The van der Waals surface area contributed by atoms with Crippen LogP contribution in [0.4, 0.5) is 0 Å². The maximum atomic E-state index is 4.34. The van der Waals surface area contributed by atoms with Gasteiger partial charge in [-0.15, -0.1) is 10.2 Å². The number of fused-ring (bicyclic) bond motifs is 1. The molecular weight excluding hydrogens is 284 g/mol. The van der Waals surface area contributed by atoms with E-state index in [9.17, 15) is 0 Å². The number of aromatic nitrogens is 4. The lowest BCUT2D eigenvalue weighted by Crippen LogP contribution is -2.10. The quantitative estimate of drug-likeness (QED) is 0.620. The summed E-state index contributed by atoms with van der Waals surface area (Å²) in [5.41, 5.74) is 3.66. The highest BCUT2D eigenvalue weighted by atomic mass is 15.3. The van der Waals surface area contributed by atoms with Gasteiger partial charge in [0.2, 0.25) is 0 Å². The summed E-state index contributed by atoms with van der Waals surface area (Å²) >= 11 is 0. The zero-order chi connectivity index (χ0) is 15.6. The second-order valence-corrected chi connectivity index (χ2v) is 5.78. The molecule has 0 bridgehead atoms. The maximum Gasteiger partial charge on any atom is 0.137 e. The molecule has 0 saturated heterocycles. The van der Waals surface area contributed by atoms with E-state index >= 15 is 0 Å². The summed E-state index contributed by atoms with van der Waals surface area (Å²) in [6.45, 7) is 2.18. The minimum Gasteiger partial charge on any atom is -0.361 e. The molecule has 1 N–H and O–H groups in total. The van der Waals surface area contributed by atoms with Crippen molar-refractivity contribution in [2.24, 2.45) is 0 Å². The molecular formula is C19H18N4.